The number of alkyl halides is 2. The number of halogens is 3. The van der Waals surface area contributed by atoms with E-state index in [4.69, 9.17) is 16.7 Å². The van der Waals surface area contributed by atoms with Gasteiger partial charge >= 0.3 is 5.97 Å². The van der Waals surface area contributed by atoms with E-state index in [-0.39, 0.29) is 18.1 Å². The van der Waals surface area contributed by atoms with Crippen LogP contribution in [0.1, 0.15) is 18.4 Å². The zero-order chi connectivity index (χ0) is 15.1. The SMILES string of the molecule is O=C(O)CCC(=O)N(Cc1ccc(Cl)nc1)CC(F)F. The fraction of sp³-hybridized carbons (Fsp3) is 0.417. The summed E-state index contributed by atoms with van der Waals surface area (Å²) in [5.41, 5.74) is 0.540. The summed E-state index contributed by atoms with van der Waals surface area (Å²) in [6, 6.07) is 3.05. The number of pyridine rings is 1. The molecule has 0 fully saturated rings. The molecule has 1 rings (SSSR count). The average molecular weight is 307 g/mol. The lowest BCUT2D eigenvalue weighted by Gasteiger charge is -2.22. The molecule has 1 amide bonds. The highest BCUT2D eigenvalue weighted by Crippen LogP contribution is 2.11. The number of nitrogens with zero attached hydrogens (tertiary/aromatic N) is 2. The Hall–Kier alpha value is -1.76. The summed E-state index contributed by atoms with van der Waals surface area (Å²) in [6.07, 6.45) is -2.02. The van der Waals surface area contributed by atoms with E-state index in [1.807, 2.05) is 0 Å². The molecule has 0 spiro atoms. The van der Waals surface area contributed by atoms with Crippen LogP contribution in [0.3, 0.4) is 0 Å². The Morgan fingerprint density at radius 3 is 2.55 bits per heavy atom. The summed E-state index contributed by atoms with van der Waals surface area (Å²) >= 11 is 5.60. The third-order valence-electron chi connectivity index (χ3n) is 2.43. The standard InChI is InChI=1S/C12H13ClF2N2O3/c13-9-2-1-8(5-16-9)6-17(7-10(14)15)11(18)3-4-12(19)20/h1-2,5,10H,3-4,6-7H2,(H,19,20). The Balaban J connectivity index is 2.70. The van der Waals surface area contributed by atoms with Crippen LogP contribution in [0.25, 0.3) is 0 Å². The molecule has 20 heavy (non-hydrogen) atoms. The minimum atomic E-state index is -2.69. The summed E-state index contributed by atoms with van der Waals surface area (Å²) in [4.78, 5) is 26.8. The van der Waals surface area contributed by atoms with Crippen molar-refractivity contribution in [3.05, 3.63) is 29.0 Å². The van der Waals surface area contributed by atoms with Crippen LogP contribution in [0.4, 0.5) is 8.78 Å². The highest BCUT2D eigenvalue weighted by Gasteiger charge is 2.19. The molecular formula is C12H13ClF2N2O3. The molecule has 110 valence electrons. The van der Waals surface area contributed by atoms with Gasteiger partial charge in [-0.1, -0.05) is 17.7 Å². The van der Waals surface area contributed by atoms with Gasteiger partial charge in [0, 0.05) is 19.2 Å². The lowest BCUT2D eigenvalue weighted by atomic mass is 10.2. The van der Waals surface area contributed by atoms with E-state index in [9.17, 15) is 18.4 Å². The van der Waals surface area contributed by atoms with Crippen LogP contribution < -0.4 is 0 Å². The van der Waals surface area contributed by atoms with Crippen molar-refractivity contribution in [3.63, 3.8) is 0 Å². The number of hydrogen-bond acceptors (Lipinski definition) is 3. The lowest BCUT2D eigenvalue weighted by Crippen LogP contribution is -2.34. The molecule has 0 aliphatic carbocycles. The van der Waals surface area contributed by atoms with E-state index in [2.05, 4.69) is 4.98 Å². The first-order valence-corrected chi connectivity index (χ1v) is 6.14. The van der Waals surface area contributed by atoms with Gasteiger partial charge in [-0.15, -0.1) is 0 Å². The average Bonchev–Trinajstić information content (AvgIpc) is 2.37. The van der Waals surface area contributed by atoms with Crippen molar-refractivity contribution < 1.29 is 23.5 Å². The maximum Gasteiger partial charge on any atom is 0.303 e. The highest BCUT2D eigenvalue weighted by atomic mass is 35.5. The molecule has 0 saturated carbocycles. The van der Waals surface area contributed by atoms with Gasteiger partial charge in [-0.2, -0.15) is 0 Å². The fourth-order valence-electron chi connectivity index (χ4n) is 1.51. The van der Waals surface area contributed by atoms with Crippen LogP contribution in [0.2, 0.25) is 5.15 Å². The second-order valence-electron chi connectivity index (χ2n) is 4.05. The zero-order valence-corrected chi connectivity index (χ0v) is 11.2. The monoisotopic (exact) mass is 306 g/mol. The van der Waals surface area contributed by atoms with Gasteiger partial charge in [-0.3, -0.25) is 9.59 Å². The van der Waals surface area contributed by atoms with Crippen LogP contribution in [-0.4, -0.2) is 39.8 Å². The molecule has 0 aliphatic heterocycles. The normalized spacial score (nSPS) is 10.6. The summed E-state index contributed by atoms with van der Waals surface area (Å²) in [5, 5.41) is 8.76. The van der Waals surface area contributed by atoms with E-state index < -0.39 is 31.3 Å². The molecule has 0 aromatic carbocycles. The van der Waals surface area contributed by atoms with E-state index >= 15 is 0 Å². The number of aromatic nitrogens is 1. The van der Waals surface area contributed by atoms with Crippen LogP contribution in [0.15, 0.2) is 18.3 Å². The maximum absolute atomic E-state index is 12.5. The van der Waals surface area contributed by atoms with Gasteiger partial charge < -0.3 is 10.0 Å². The fourth-order valence-corrected chi connectivity index (χ4v) is 1.63. The molecule has 0 bridgehead atoms. The van der Waals surface area contributed by atoms with E-state index in [1.165, 1.54) is 12.3 Å². The highest BCUT2D eigenvalue weighted by molar-refractivity contribution is 6.29. The predicted octanol–water partition coefficient (Wildman–Crippen LogP) is 2.19. The summed E-state index contributed by atoms with van der Waals surface area (Å²) in [5.74, 6) is -1.79. The van der Waals surface area contributed by atoms with E-state index in [1.54, 1.807) is 6.07 Å². The number of carboxylic acid groups (broad SMARTS) is 1. The van der Waals surface area contributed by atoms with Crippen molar-refractivity contribution in [3.8, 4) is 0 Å². The van der Waals surface area contributed by atoms with Crippen LogP contribution in [-0.2, 0) is 16.1 Å². The Morgan fingerprint density at radius 1 is 1.35 bits per heavy atom. The molecule has 5 nitrogen and oxygen atoms in total. The number of carbonyl (C=O) groups is 2. The smallest absolute Gasteiger partial charge is 0.303 e. The van der Waals surface area contributed by atoms with Gasteiger partial charge in [-0.25, -0.2) is 13.8 Å². The predicted molar refractivity (Wildman–Crippen MR) is 67.5 cm³/mol. The van der Waals surface area contributed by atoms with Crippen molar-refractivity contribution in [1.29, 1.82) is 0 Å². The molecule has 1 heterocycles. The molecule has 0 aliphatic rings. The first-order valence-electron chi connectivity index (χ1n) is 5.76. The van der Waals surface area contributed by atoms with Crippen molar-refractivity contribution >= 4 is 23.5 Å². The molecule has 0 atom stereocenters. The summed E-state index contributed by atoms with van der Waals surface area (Å²) in [6.45, 7) is -0.811. The van der Waals surface area contributed by atoms with Gasteiger partial charge in [0.15, 0.2) is 0 Å². The van der Waals surface area contributed by atoms with Crippen LogP contribution >= 0.6 is 11.6 Å². The summed E-state index contributed by atoms with van der Waals surface area (Å²) in [7, 11) is 0. The molecular weight excluding hydrogens is 294 g/mol. The van der Waals surface area contributed by atoms with Crippen molar-refractivity contribution in [2.45, 2.75) is 25.8 Å². The largest absolute Gasteiger partial charge is 0.481 e. The molecule has 0 radical (unpaired) electrons. The third-order valence-corrected chi connectivity index (χ3v) is 2.65. The molecule has 1 aromatic heterocycles. The van der Waals surface area contributed by atoms with E-state index in [0.29, 0.717) is 5.56 Å². The number of aliphatic carboxylic acids is 1. The van der Waals surface area contributed by atoms with Gasteiger partial charge in [0.05, 0.1) is 13.0 Å². The van der Waals surface area contributed by atoms with Gasteiger partial charge in [0.2, 0.25) is 5.91 Å². The van der Waals surface area contributed by atoms with Crippen molar-refractivity contribution in [2.75, 3.05) is 6.54 Å². The molecule has 8 heteroatoms. The maximum atomic E-state index is 12.5. The number of carboxylic acids is 1. The lowest BCUT2D eigenvalue weighted by molar-refractivity contribution is -0.141. The molecule has 0 saturated heterocycles. The first kappa shape index (κ1) is 16.3. The number of carbonyl (C=O) groups excluding carboxylic acids is 1. The van der Waals surface area contributed by atoms with E-state index in [0.717, 1.165) is 4.90 Å². The number of rotatable bonds is 7. The third kappa shape index (κ3) is 5.92. The Bertz CT molecular complexity index is 468. The zero-order valence-electron chi connectivity index (χ0n) is 10.4. The topological polar surface area (TPSA) is 70.5 Å². The quantitative estimate of drug-likeness (QED) is 0.784. The number of amides is 1. The van der Waals surface area contributed by atoms with Crippen LogP contribution in [0, 0.1) is 0 Å². The second kappa shape index (κ2) is 7.74. The summed E-state index contributed by atoms with van der Waals surface area (Å²) < 4.78 is 24.9. The Kier molecular flexibility index (Phi) is 6.30. The molecule has 1 aromatic rings. The first-order chi connectivity index (χ1) is 9.38. The minimum absolute atomic E-state index is 0.0625. The van der Waals surface area contributed by atoms with Gasteiger partial charge in [-0.05, 0) is 11.6 Å². The van der Waals surface area contributed by atoms with Crippen molar-refractivity contribution in [1.82, 2.24) is 9.88 Å². The minimum Gasteiger partial charge on any atom is -0.481 e. The second-order valence-corrected chi connectivity index (χ2v) is 4.44. The van der Waals surface area contributed by atoms with Crippen molar-refractivity contribution in [2.24, 2.45) is 0 Å². The molecule has 0 unspecified atom stereocenters. The Morgan fingerprint density at radius 2 is 2.05 bits per heavy atom. The van der Waals surface area contributed by atoms with Crippen LogP contribution in [0.5, 0.6) is 0 Å². The van der Waals surface area contributed by atoms with Gasteiger partial charge in [0.1, 0.15) is 5.15 Å². The molecule has 1 N–H and O–H groups in total. The number of hydrogen-bond donors (Lipinski definition) is 1. The van der Waals surface area contributed by atoms with Gasteiger partial charge in [0.25, 0.3) is 6.43 Å². The Labute approximate surface area is 119 Å².